The summed E-state index contributed by atoms with van der Waals surface area (Å²) in [5.41, 5.74) is 10.7. The molecule has 4 bridgehead atoms. The summed E-state index contributed by atoms with van der Waals surface area (Å²) in [7, 11) is 0. The third kappa shape index (κ3) is 2.84. The van der Waals surface area contributed by atoms with Crippen LogP contribution in [0.2, 0.25) is 0 Å². The van der Waals surface area contributed by atoms with E-state index in [0.717, 1.165) is 61.8 Å². The van der Waals surface area contributed by atoms with Crippen molar-refractivity contribution in [2.45, 2.75) is 100 Å². The van der Waals surface area contributed by atoms with Crippen LogP contribution in [0, 0.1) is 17.8 Å². The normalized spacial score (nSPS) is 44.0. The molecule has 0 aromatic heterocycles. The van der Waals surface area contributed by atoms with E-state index in [1.807, 2.05) is 6.07 Å². The summed E-state index contributed by atoms with van der Waals surface area (Å²) < 4.78 is 6.56. The van der Waals surface area contributed by atoms with Crippen LogP contribution >= 0.6 is 0 Å². The molecule has 5 fully saturated rings. The van der Waals surface area contributed by atoms with Gasteiger partial charge in [0, 0.05) is 22.3 Å². The molecule has 5 saturated carbocycles. The van der Waals surface area contributed by atoms with E-state index in [4.69, 9.17) is 4.74 Å². The maximum atomic E-state index is 11.3. The van der Waals surface area contributed by atoms with Crippen LogP contribution in [-0.2, 0) is 5.41 Å². The van der Waals surface area contributed by atoms with Crippen LogP contribution in [-0.4, -0.2) is 27.5 Å². The first-order chi connectivity index (χ1) is 14.7. The monoisotopic (exact) mass is 423 g/mol. The van der Waals surface area contributed by atoms with Crippen molar-refractivity contribution in [2.24, 2.45) is 22.9 Å². The van der Waals surface area contributed by atoms with E-state index in [0.29, 0.717) is 29.9 Å². The average Bonchev–Trinajstić information content (AvgIpc) is 2.65. The van der Waals surface area contributed by atoms with Gasteiger partial charge in [0.25, 0.3) is 0 Å². The number of ether oxygens (including phenoxy) is 1. The molecule has 2 unspecified atom stereocenters. The molecule has 0 spiro atoms. The Balaban J connectivity index is 1.45. The average molecular weight is 424 g/mol. The molecule has 2 N–H and O–H groups in total. The van der Waals surface area contributed by atoms with Crippen molar-refractivity contribution in [2.75, 3.05) is 0 Å². The van der Waals surface area contributed by atoms with Gasteiger partial charge in [0.15, 0.2) is 0 Å². The van der Waals surface area contributed by atoms with Gasteiger partial charge in [-0.15, -0.1) is 0 Å². The maximum absolute atomic E-state index is 11.3. The van der Waals surface area contributed by atoms with E-state index < -0.39 is 0 Å². The number of nitrogens with zero attached hydrogens (tertiary/aromatic N) is 3. The molecular weight excluding hydrogens is 390 g/mol. The molecule has 1 aromatic rings. The molecule has 1 aromatic carbocycles. The van der Waals surface area contributed by atoms with Gasteiger partial charge in [-0.1, -0.05) is 5.11 Å². The summed E-state index contributed by atoms with van der Waals surface area (Å²) in [5, 5.41) is 26.0. The van der Waals surface area contributed by atoms with E-state index in [1.54, 1.807) is 0 Å². The van der Waals surface area contributed by atoms with Crippen LogP contribution in [0.25, 0.3) is 10.4 Å². The summed E-state index contributed by atoms with van der Waals surface area (Å²) >= 11 is 0. The quantitative estimate of drug-likeness (QED) is 0.362. The lowest BCUT2D eigenvalue weighted by atomic mass is 9.45. The molecule has 7 rings (SSSR count). The fourth-order valence-electron chi connectivity index (χ4n) is 8.80. The van der Waals surface area contributed by atoms with Crippen LogP contribution in [0.15, 0.2) is 17.2 Å². The van der Waals surface area contributed by atoms with Crippen molar-refractivity contribution < 1.29 is 14.9 Å². The molecule has 0 amide bonds. The minimum Gasteiger partial charge on any atom is -0.508 e. The molecular formula is C25H33N3O3. The second-order valence-corrected chi connectivity index (χ2v) is 11.9. The third-order valence-corrected chi connectivity index (χ3v) is 9.48. The first-order valence-electron chi connectivity index (χ1n) is 12.0. The number of benzene rings is 1. The molecule has 166 valence electrons. The maximum Gasteiger partial charge on any atom is 0.127 e. The van der Waals surface area contributed by atoms with Gasteiger partial charge in [-0.25, -0.2) is 0 Å². The van der Waals surface area contributed by atoms with Gasteiger partial charge in [-0.3, -0.25) is 0 Å². The van der Waals surface area contributed by atoms with E-state index in [9.17, 15) is 15.7 Å². The van der Waals surface area contributed by atoms with Crippen molar-refractivity contribution in [3.8, 4) is 11.5 Å². The third-order valence-electron chi connectivity index (χ3n) is 9.48. The first kappa shape index (κ1) is 19.8. The first-order valence-corrected chi connectivity index (χ1v) is 12.0. The number of aromatic hydroxyl groups is 1. The molecule has 0 radical (unpaired) electrons. The highest BCUT2D eigenvalue weighted by atomic mass is 16.5. The minimum atomic E-state index is -0.323. The zero-order valence-corrected chi connectivity index (χ0v) is 18.5. The molecule has 0 saturated heterocycles. The second kappa shape index (κ2) is 6.32. The summed E-state index contributed by atoms with van der Waals surface area (Å²) in [6, 6.07) is 4.17. The Hall–Kier alpha value is -1.91. The SMILES string of the molecule is CC1(C)Oc2cc(C34CC5CC(CC(N=[N+]=[N-])(C5)C3)C4)cc(O)c2[C@@H]2C[C@H](O)CC[C@H]21. The van der Waals surface area contributed by atoms with E-state index in [-0.39, 0.29) is 28.6 Å². The number of phenolic OH excluding ortho intramolecular Hbond substituents is 1. The van der Waals surface area contributed by atoms with E-state index in [1.165, 1.54) is 6.42 Å². The van der Waals surface area contributed by atoms with Gasteiger partial charge in [0.05, 0.1) is 11.6 Å². The van der Waals surface area contributed by atoms with Gasteiger partial charge in [-0.2, -0.15) is 0 Å². The molecule has 1 heterocycles. The fourth-order valence-corrected chi connectivity index (χ4v) is 8.80. The molecule has 1 aliphatic heterocycles. The topological polar surface area (TPSA) is 98.5 Å². The Morgan fingerprint density at radius 3 is 2.55 bits per heavy atom. The lowest BCUT2D eigenvalue weighted by Crippen LogP contribution is -2.56. The molecule has 5 aliphatic carbocycles. The van der Waals surface area contributed by atoms with Gasteiger partial charge in [0.2, 0.25) is 0 Å². The van der Waals surface area contributed by atoms with Gasteiger partial charge in [-0.05, 0) is 112 Å². The predicted molar refractivity (Wildman–Crippen MR) is 117 cm³/mol. The summed E-state index contributed by atoms with van der Waals surface area (Å²) in [5.74, 6) is 2.74. The van der Waals surface area contributed by atoms with Crippen LogP contribution < -0.4 is 4.74 Å². The highest BCUT2D eigenvalue weighted by molar-refractivity contribution is 5.54. The Morgan fingerprint density at radius 1 is 1.10 bits per heavy atom. The van der Waals surface area contributed by atoms with Crippen molar-refractivity contribution in [3.63, 3.8) is 0 Å². The van der Waals surface area contributed by atoms with E-state index in [2.05, 4.69) is 29.9 Å². The van der Waals surface area contributed by atoms with Gasteiger partial charge >= 0.3 is 0 Å². The standard InChI is InChI=1S/C25H33N3O3/c1-23(2)19-4-3-17(29)8-18(19)22-20(30)6-16(7-21(22)31-23)24-9-14-5-15(10-24)12-25(11-14,13-24)27-28-26/h6-7,14-15,17-19,29-30H,3-5,8-13H2,1-2H3/t14?,15?,17-,18-,19-,24?,25?/m1/s1. The van der Waals surface area contributed by atoms with Crippen molar-refractivity contribution >= 4 is 0 Å². The van der Waals surface area contributed by atoms with Crippen LogP contribution in [0.1, 0.15) is 88.7 Å². The van der Waals surface area contributed by atoms with Crippen molar-refractivity contribution in [3.05, 3.63) is 33.7 Å². The highest BCUT2D eigenvalue weighted by Crippen LogP contribution is 2.65. The van der Waals surface area contributed by atoms with Crippen LogP contribution in [0.3, 0.4) is 0 Å². The number of aliphatic hydroxyl groups is 1. The molecule has 6 aliphatic rings. The molecule has 6 heteroatoms. The number of hydrogen-bond donors (Lipinski definition) is 2. The van der Waals surface area contributed by atoms with Crippen molar-refractivity contribution in [1.29, 1.82) is 0 Å². The number of hydrogen-bond acceptors (Lipinski definition) is 4. The van der Waals surface area contributed by atoms with Crippen molar-refractivity contribution in [1.82, 2.24) is 0 Å². The lowest BCUT2D eigenvalue weighted by Gasteiger charge is -2.61. The molecule has 6 nitrogen and oxygen atoms in total. The van der Waals surface area contributed by atoms with Gasteiger partial charge in [0.1, 0.15) is 17.1 Å². The molecule has 5 atom stereocenters. The molecule has 31 heavy (non-hydrogen) atoms. The minimum absolute atomic E-state index is 0.0405. The number of azide groups is 1. The highest BCUT2D eigenvalue weighted by Gasteiger charge is 2.58. The Labute approximate surface area is 183 Å². The second-order valence-electron chi connectivity index (χ2n) is 11.9. The summed E-state index contributed by atoms with van der Waals surface area (Å²) in [6.07, 6.45) is 8.46. The Bertz CT molecular complexity index is 968. The van der Waals surface area contributed by atoms with Crippen LogP contribution in [0.4, 0.5) is 0 Å². The lowest BCUT2D eigenvalue weighted by molar-refractivity contribution is -0.0339. The van der Waals surface area contributed by atoms with E-state index >= 15 is 0 Å². The zero-order chi connectivity index (χ0) is 21.6. The number of rotatable bonds is 2. The largest absolute Gasteiger partial charge is 0.508 e. The number of fused-ring (bicyclic) bond motifs is 3. The Morgan fingerprint density at radius 2 is 1.84 bits per heavy atom. The summed E-state index contributed by atoms with van der Waals surface area (Å²) in [4.78, 5) is 3.24. The van der Waals surface area contributed by atoms with Crippen LogP contribution in [0.5, 0.6) is 11.5 Å². The fraction of sp³-hybridized carbons (Fsp3) is 0.760. The predicted octanol–water partition coefficient (Wildman–Crippen LogP) is 5.71. The zero-order valence-electron chi connectivity index (χ0n) is 18.5. The Kier molecular flexibility index (Phi) is 4.03. The number of phenols is 1. The smallest absolute Gasteiger partial charge is 0.127 e. The number of aliphatic hydroxyl groups excluding tert-OH is 1. The summed E-state index contributed by atoms with van der Waals surface area (Å²) in [6.45, 7) is 4.30. The van der Waals surface area contributed by atoms with Gasteiger partial charge < -0.3 is 14.9 Å².